The van der Waals surface area contributed by atoms with E-state index in [1.807, 2.05) is 6.92 Å². The Morgan fingerprint density at radius 1 is 1.29 bits per heavy atom. The number of methoxy groups -OCH3 is 1. The summed E-state index contributed by atoms with van der Waals surface area (Å²) < 4.78 is 16.2. The quantitative estimate of drug-likeness (QED) is 0.727. The largest absolute Gasteiger partial charge is 0.492 e. The first-order valence-electron chi connectivity index (χ1n) is 6.28. The minimum Gasteiger partial charge on any atom is -0.492 e. The van der Waals surface area contributed by atoms with Crippen molar-refractivity contribution in [2.24, 2.45) is 0 Å². The van der Waals surface area contributed by atoms with Crippen molar-refractivity contribution >= 4 is 27.8 Å². The van der Waals surface area contributed by atoms with Crippen LogP contribution in [0.25, 0.3) is 0 Å². The van der Waals surface area contributed by atoms with E-state index in [2.05, 4.69) is 15.9 Å². The molecule has 1 amide bonds. The van der Waals surface area contributed by atoms with Crippen molar-refractivity contribution in [3.05, 3.63) is 22.2 Å². The second kappa shape index (κ2) is 7.87. The van der Waals surface area contributed by atoms with Crippen LogP contribution in [0.3, 0.4) is 0 Å². The minimum absolute atomic E-state index is 0.276. The summed E-state index contributed by atoms with van der Waals surface area (Å²) in [4.78, 5) is 24.7. The summed E-state index contributed by atoms with van der Waals surface area (Å²) in [5, 5.41) is 0. The fourth-order valence-electron chi connectivity index (χ4n) is 1.49. The second-order valence-corrected chi connectivity index (χ2v) is 5.14. The van der Waals surface area contributed by atoms with Crippen LogP contribution in [-0.4, -0.2) is 51.2 Å². The summed E-state index contributed by atoms with van der Waals surface area (Å²) in [5.74, 6) is 0.0356. The van der Waals surface area contributed by atoms with Gasteiger partial charge in [0.1, 0.15) is 0 Å². The number of nitrogens with zero attached hydrogens (tertiary/aromatic N) is 1. The summed E-state index contributed by atoms with van der Waals surface area (Å²) >= 11 is 3.31. The number of benzene rings is 1. The number of rotatable bonds is 6. The highest BCUT2D eigenvalue weighted by Crippen LogP contribution is 2.36. The van der Waals surface area contributed by atoms with Crippen molar-refractivity contribution in [1.29, 1.82) is 0 Å². The third-order valence-electron chi connectivity index (χ3n) is 2.57. The van der Waals surface area contributed by atoms with Crippen molar-refractivity contribution in [3.8, 4) is 11.5 Å². The standard InChI is InChI=1S/C14H18BrNO5/c1-5-20-11-7-9(6-10(15)13(11)19-4)14(18)21-8-12(17)16(2)3/h6-7H,5,8H2,1-4H3. The highest BCUT2D eigenvalue weighted by atomic mass is 79.9. The molecule has 0 saturated heterocycles. The van der Waals surface area contributed by atoms with E-state index in [0.29, 0.717) is 22.6 Å². The number of amides is 1. The van der Waals surface area contributed by atoms with E-state index < -0.39 is 5.97 Å². The Labute approximate surface area is 132 Å². The SMILES string of the molecule is CCOc1cc(C(=O)OCC(=O)N(C)C)cc(Br)c1OC. The fourth-order valence-corrected chi connectivity index (χ4v) is 2.09. The predicted octanol–water partition coefficient (Wildman–Crippen LogP) is 2.10. The van der Waals surface area contributed by atoms with Crippen LogP contribution >= 0.6 is 15.9 Å². The Morgan fingerprint density at radius 3 is 2.48 bits per heavy atom. The van der Waals surface area contributed by atoms with Crippen molar-refractivity contribution in [3.63, 3.8) is 0 Å². The molecule has 0 bridgehead atoms. The zero-order chi connectivity index (χ0) is 16.0. The summed E-state index contributed by atoms with van der Waals surface area (Å²) in [6, 6.07) is 3.08. The highest BCUT2D eigenvalue weighted by Gasteiger charge is 2.17. The molecule has 0 heterocycles. The Hall–Kier alpha value is -1.76. The normalized spacial score (nSPS) is 9.95. The van der Waals surface area contributed by atoms with Crippen LogP contribution < -0.4 is 9.47 Å². The molecular weight excluding hydrogens is 342 g/mol. The maximum atomic E-state index is 12.0. The maximum absolute atomic E-state index is 12.0. The van der Waals surface area contributed by atoms with Gasteiger partial charge in [-0.15, -0.1) is 0 Å². The average molecular weight is 360 g/mol. The first kappa shape index (κ1) is 17.3. The van der Waals surface area contributed by atoms with Gasteiger partial charge in [0.15, 0.2) is 18.1 Å². The molecule has 116 valence electrons. The van der Waals surface area contributed by atoms with Crippen molar-refractivity contribution in [2.75, 3.05) is 34.4 Å². The van der Waals surface area contributed by atoms with Crippen LogP contribution in [0.15, 0.2) is 16.6 Å². The van der Waals surface area contributed by atoms with Gasteiger partial charge in [0.2, 0.25) is 0 Å². The number of ether oxygens (including phenoxy) is 3. The van der Waals surface area contributed by atoms with E-state index in [1.54, 1.807) is 20.2 Å². The maximum Gasteiger partial charge on any atom is 0.338 e. The lowest BCUT2D eigenvalue weighted by atomic mass is 10.2. The number of carbonyl (C=O) groups excluding carboxylic acids is 2. The first-order valence-corrected chi connectivity index (χ1v) is 7.07. The van der Waals surface area contributed by atoms with Gasteiger partial charge in [0.05, 0.1) is 23.8 Å². The third kappa shape index (κ3) is 4.63. The molecule has 0 aliphatic carbocycles. The number of halogens is 1. The van der Waals surface area contributed by atoms with Crippen LogP contribution in [-0.2, 0) is 9.53 Å². The van der Waals surface area contributed by atoms with Gasteiger partial charge in [-0.1, -0.05) is 0 Å². The zero-order valence-corrected chi connectivity index (χ0v) is 14.0. The molecule has 0 radical (unpaired) electrons. The van der Waals surface area contributed by atoms with Gasteiger partial charge in [-0.05, 0) is 35.0 Å². The molecule has 1 rings (SSSR count). The lowest BCUT2D eigenvalue weighted by Crippen LogP contribution is -2.27. The summed E-state index contributed by atoms with van der Waals surface area (Å²) in [5.41, 5.74) is 0.276. The fraction of sp³-hybridized carbons (Fsp3) is 0.429. The Bertz CT molecular complexity index is 530. The van der Waals surface area contributed by atoms with Gasteiger partial charge in [0, 0.05) is 14.1 Å². The van der Waals surface area contributed by atoms with Gasteiger partial charge < -0.3 is 19.1 Å². The molecule has 0 unspecified atom stereocenters. The summed E-state index contributed by atoms with van der Waals surface area (Å²) in [7, 11) is 4.69. The summed E-state index contributed by atoms with van der Waals surface area (Å²) in [6.45, 7) is 1.95. The molecule has 1 aromatic carbocycles. The van der Waals surface area contributed by atoms with E-state index in [1.165, 1.54) is 18.1 Å². The number of carbonyl (C=O) groups is 2. The number of esters is 1. The molecule has 0 aromatic heterocycles. The van der Waals surface area contributed by atoms with Gasteiger partial charge in [0.25, 0.3) is 5.91 Å². The second-order valence-electron chi connectivity index (χ2n) is 4.29. The molecule has 0 fully saturated rings. The van der Waals surface area contributed by atoms with Gasteiger partial charge in [-0.2, -0.15) is 0 Å². The van der Waals surface area contributed by atoms with E-state index in [4.69, 9.17) is 14.2 Å². The molecule has 0 atom stereocenters. The molecule has 1 aromatic rings. The van der Waals surface area contributed by atoms with E-state index in [-0.39, 0.29) is 18.1 Å². The highest BCUT2D eigenvalue weighted by molar-refractivity contribution is 9.10. The number of likely N-dealkylation sites (N-methyl/N-ethyl adjacent to an activating group) is 1. The smallest absolute Gasteiger partial charge is 0.338 e. The lowest BCUT2D eigenvalue weighted by molar-refractivity contribution is -0.131. The molecule has 0 saturated carbocycles. The molecule has 0 N–H and O–H groups in total. The molecule has 7 heteroatoms. The lowest BCUT2D eigenvalue weighted by Gasteiger charge is -2.13. The molecule has 0 aliphatic heterocycles. The van der Waals surface area contributed by atoms with E-state index in [9.17, 15) is 9.59 Å². The third-order valence-corrected chi connectivity index (χ3v) is 3.16. The Balaban J connectivity index is 2.92. The van der Waals surface area contributed by atoms with Crippen LogP contribution in [0.2, 0.25) is 0 Å². The predicted molar refractivity (Wildman–Crippen MR) is 80.8 cm³/mol. The van der Waals surface area contributed by atoms with E-state index >= 15 is 0 Å². The Morgan fingerprint density at radius 2 is 1.95 bits per heavy atom. The monoisotopic (exact) mass is 359 g/mol. The minimum atomic E-state index is -0.602. The average Bonchev–Trinajstić information content (AvgIpc) is 2.44. The van der Waals surface area contributed by atoms with Gasteiger partial charge >= 0.3 is 5.97 Å². The summed E-state index contributed by atoms with van der Waals surface area (Å²) in [6.07, 6.45) is 0. The molecular formula is C14H18BrNO5. The van der Waals surface area contributed by atoms with Crippen LogP contribution in [0.5, 0.6) is 11.5 Å². The van der Waals surface area contributed by atoms with Gasteiger partial charge in [-0.3, -0.25) is 4.79 Å². The zero-order valence-electron chi connectivity index (χ0n) is 12.4. The number of hydrogen-bond acceptors (Lipinski definition) is 5. The molecule has 0 aliphatic rings. The van der Waals surface area contributed by atoms with Gasteiger partial charge in [-0.25, -0.2) is 4.79 Å². The van der Waals surface area contributed by atoms with Crippen molar-refractivity contribution in [2.45, 2.75) is 6.92 Å². The topological polar surface area (TPSA) is 65.1 Å². The molecule has 0 spiro atoms. The van der Waals surface area contributed by atoms with Crippen molar-refractivity contribution in [1.82, 2.24) is 4.90 Å². The van der Waals surface area contributed by atoms with Crippen LogP contribution in [0, 0.1) is 0 Å². The number of hydrogen-bond donors (Lipinski definition) is 0. The first-order chi connectivity index (χ1) is 9.90. The van der Waals surface area contributed by atoms with E-state index in [0.717, 1.165) is 0 Å². The van der Waals surface area contributed by atoms with Crippen LogP contribution in [0.1, 0.15) is 17.3 Å². The Kier molecular flexibility index (Phi) is 6.48. The molecule has 21 heavy (non-hydrogen) atoms. The van der Waals surface area contributed by atoms with Crippen molar-refractivity contribution < 1.29 is 23.8 Å². The molecule has 6 nitrogen and oxygen atoms in total. The van der Waals surface area contributed by atoms with Crippen LogP contribution in [0.4, 0.5) is 0 Å².